The first-order valence-electron chi connectivity index (χ1n) is 7.83. The Morgan fingerprint density at radius 1 is 1.23 bits per heavy atom. The van der Waals surface area contributed by atoms with Crippen LogP contribution in [0, 0.1) is 15.9 Å². The van der Waals surface area contributed by atoms with E-state index in [-0.39, 0.29) is 23.7 Å². The number of nitrogens with zero attached hydrogens (tertiary/aromatic N) is 1. The van der Waals surface area contributed by atoms with Crippen molar-refractivity contribution in [3.8, 4) is 11.5 Å². The monoisotopic (exact) mass is 363 g/mol. The van der Waals surface area contributed by atoms with E-state index < -0.39 is 28.5 Å². The summed E-state index contributed by atoms with van der Waals surface area (Å²) in [6.45, 7) is 3.58. The molecule has 2 rings (SSSR count). The van der Waals surface area contributed by atoms with Gasteiger partial charge in [-0.3, -0.25) is 10.1 Å². The number of nitro benzene ring substituents is 1. The Bertz CT molecular complexity index is 806. The van der Waals surface area contributed by atoms with Gasteiger partial charge in [-0.2, -0.15) is 0 Å². The zero-order valence-electron chi connectivity index (χ0n) is 14.5. The van der Waals surface area contributed by atoms with Gasteiger partial charge in [0, 0.05) is 6.07 Å². The summed E-state index contributed by atoms with van der Waals surface area (Å²) in [7, 11) is 1.36. The molecule has 0 saturated carbocycles. The van der Waals surface area contributed by atoms with E-state index in [4.69, 9.17) is 14.2 Å². The summed E-state index contributed by atoms with van der Waals surface area (Å²) in [6, 6.07) is 7.76. The fraction of sp³-hybridized carbons (Fsp3) is 0.278. The van der Waals surface area contributed by atoms with Crippen molar-refractivity contribution in [3.05, 3.63) is 63.5 Å². The third kappa shape index (κ3) is 4.27. The molecule has 26 heavy (non-hydrogen) atoms. The smallest absolute Gasteiger partial charge is 0.345 e. The van der Waals surface area contributed by atoms with Crippen LogP contribution < -0.4 is 9.47 Å². The van der Waals surface area contributed by atoms with E-state index in [9.17, 15) is 19.3 Å². The number of halogens is 1. The number of carbonyl (C=O) groups is 1. The molecular weight excluding hydrogens is 345 g/mol. The summed E-state index contributed by atoms with van der Waals surface area (Å²) in [5, 5.41) is 11.3. The minimum atomic E-state index is -0.894. The first kappa shape index (κ1) is 19.2. The zero-order chi connectivity index (χ0) is 19.3. The van der Waals surface area contributed by atoms with Crippen LogP contribution in [0.1, 0.15) is 35.9 Å². The van der Waals surface area contributed by atoms with Crippen LogP contribution in [0.2, 0.25) is 0 Å². The molecule has 0 heterocycles. The van der Waals surface area contributed by atoms with Gasteiger partial charge in [-0.05, 0) is 31.5 Å². The van der Waals surface area contributed by atoms with Crippen molar-refractivity contribution < 1.29 is 28.3 Å². The summed E-state index contributed by atoms with van der Waals surface area (Å²) in [4.78, 5) is 23.1. The molecule has 0 aliphatic rings. The highest BCUT2D eigenvalue weighted by atomic mass is 19.1. The van der Waals surface area contributed by atoms with E-state index >= 15 is 0 Å². The Morgan fingerprint density at radius 2 is 1.88 bits per heavy atom. The van der Waals surface area contributed by atoms with Gasteiger partial charge in [-0.1, -0.05) is 12.1 Å². The SMILES string of the molecule is CCOc1cc([N+](=O)[O-])c(C(=O)OC(C)c2ccc(F)cc2)cc1OC. The molecular formula is C18H18FNO6. The number of hydrogen-bond acceptors (Lipinski definition) is 6. The second-order valence-corrected chi connectivity index (χ2v) is 5.31. The number of benzene rings is 2. The Kier molecular flexibility index (Phi) is 6.11. The Balaban J connectivity index is 2.34. The Hall–Kier alpha value is -3.16. The predicted octanol–water partition coefficient (Wildman–Crippen LogP) is 4.06. The van der Waals surface area contributed by atoms with Crippen molar-refractivity contribution in [2.24, 2.45) is 0 Å². The highest BCUT2D eigenvalue weighted by Crippen LogP contribution is 2.35. The minimum Gasteiger partial charge on any atom is -0.493 e. The summed E-state index contributed by atoms with van der Waals surface area (Å²) < 4.78 is 28.7. The molecule has 0 aromatic heterocycles. The predicted molar refractivity (Wildman–Crippen MR) is 91.0 cm³/mol. The normalized spacial score (nSPS) is 11.5. The summed E-state index contributed by atoms with van der Waals surface area (Å²) in [5.74, 6) is -0.974. The lowest BCUT2D eigenvalue weighted by molar-refractivity contribution is -0.385. The quantitative estimate of drug-likeness (QED) is 0.419. The van der Waals surface area contributed by atoms with Crippen LogP contribution in [0.4, 0.5) is 10.1 Å². The molecule has 1 unspecified atom stereocenters. The molecule has 0 spiro atoms. The van der Waals surface area contributed by atoms with E-state index in [0.29, 0.717) is 5.56 Å². The lowest BCUT2D eigenvalue weighted by Gasteiger charge is -2.15. The van der Waals surface area contributed by atoms with Crippen molar-refractivity contribution in [2.75, 3.05) is 13.7 Å². The molecule has 0 bridgehead atoms. The number of methoxy groups -OCH3 is 1. The van der Waals surface area contributed by atoms with E-state index in [0.717, 1.165) is 6.07 Å². The van der Waals surface area contributed by atoms with Crippen LogP contribution in [-0.4, -0.2) is 24.6 Å². The molecule has 0 aliphatic carbocycles. The fourth-order valence-electron chi connectivity index (χ4n) is 2.32. The van der Waals surface area contributed by atoms with Crippen LogP contribution >= 0.6 is 0 Å². The number of nitro groups is 1. The van der Waals surface area contributed by atoms with Gasteiger partial charge < -0.3 is 14.2 Å². The third-order valence-electron chi connectivity index (χ3n) is 3.62. The third-order valence-corrected chi connectivity index (χ3v) is 3.62. The molecule has 2 aromatic carbocycles. The maximum absolute atomic E-state index is 13.0. The molecule has 1 atom stereocenters. The average molecular weight is 363 g/mol. The lowest BCUT2D eigenvalue weighted by Crippen LogP contribution is -2.12. The average Bonchev–Trinajstić information content (AvgIpc) is 2.61. The molecule has 0 fully saturated rings. The van der Waals surface area contributed by atoms with Gasteiger partial charge in [0.25, 0.3) is 5.69 Å². The van der Waals surface area contributed by atoms with E-state index in [1.807, 2.05) is 0 Å². The number of esters is 1. The standard InChI is InChI=1S/C18H18FNO6/c1-4-25-17-10-15(20(22)23)14(9-16(17)24-3)18(21)26-11(2)12-5-7-13(19)8-6-12/h5-11H,4H2,1-3H3. The molecule has 0 radical (unpaired) electrons. The number of rotatable bonds is 7. The fourth-order valence-corrected chi connectivity index (χ4v) is 2.32. The second kappa shape index (κ2) is 8.28. The maximum Gasteiger partial charge on any atom is 0.345 e. The van der Waals surface area contributed by atoms with Gasteiger partial charge in [0.15, 0.2) is 11.5 Å². The van der Waals surface area contributed by atoms with Gasteiger partial charge >= 0.3 is 5.97 Å². The largest absolute Gasteiger partial charge is 0.493 e. The molecule has 8 heteroatoms. The van der Waals surface area contributed by atoms with Gasteiger partial charge in [0.2, 0.25) is 0 Å². The van der Waals surface area contributed by atoms with Crippen LogP contribution in [0.3, 0.4) is 0 Å². The Labute approximate surface area is 149 Å². The van der Waals surface area contributed by atoms with Gasteiger partial charge in [-0.25, -0.2) is 9.18 Å². The van der Waals surface area contributed by atoms with Crippen molar-refractivity contribution in [1.29, 1.82) is 0 Å². The molecule has 2 aromatic rings. The second-order valence-electron chi connectivity index (χ2n) is 5.31. The van der Waals surface area contributed by atoms with E-state index in [2.05, 4.69) is 0 Å². The van der Waals surface area contributed by atoms with E-state index in [1.54, 1.807) is 13.8 Å². The van der Waals surface area contributed by atoms with Crippen LogP contribution in [0.5, 0.6) is 11.5 Å². The minimum absolute atomic E-state index is 0.157. The topological polar surface area (TPSA) is 87.9 Å². The molecule has 0 amide bonds. The van der Waals surface area contributed by atoms with Crippen LogP contribution in [0.15, 0.2) is 36.4 Å². The highest BCUT2D eigenvalue weighted by molar-refractivity contribution is 5.95. The van der Waals surface area contributed by atoms with Crippen molar-refractivity contribution in [3.63, 3.8) is 0 Å². The van der Waals surface area contributed by atoms with Crippen molar-refractivity contribution in [2.45, 2.75) is 20.0 Å². The lowest BCUT2D eigenvalue weighted by atomic mass is 10.1. The molecule has 0 saturated heterocycles. The number of hydrogen-bond donors (Lipinski definition) is 0. The van der Waals surface area contributed by atoms with Crippen LogP contribution in [0.25, 0.3) is 0 Å². The first-order chi connectivity index (χ1) is 12.4. The number of ether oxygens (including phenoxy) is 3. The summed E-state index contributed by atoms with van der Waals surface area (Å²) in [6.07, 6.45) is -0.722. The summed E-state index contributed by atoms with van der Waals surface area (Å²) >= 11 is 0. The van der Waals surface area contributed by atoms with Gasteiger partial charge in [0.05, 0.1) is 24.7 Å². The van der Waals surface area contributed by atoms with E-state index in [1.165, 1.54) is 37.4 Å². The summed E-state index contributed by atoms with van der Waals surface area (Å²) in [5.41, 5.74) is -0.157. The Morgan fingerprint density at radius 3 is 2.42 bits per heavy atom. The van der Waals surface area contributed by atoms with Crippen molar-refractivity contribution >= 4 is 11.7 Å². The molecule has 0 aliphatic heterocycles. The molecule has 0 N–H and O–H groups in total. The maximum atomic E-state index is 13.0. The number of carbonyl (C=O) groups excluding carboxylic acids is 1. The molecule has 138 valence electrons. The highest BCUT2D eigenvalue weighted by Gasteiger charge is 2.27. The first-order valence-corrected chi connectivity index (χ1v) is 7.83. The van der Waals surface area contributed by atoms with Crippen LogP contribution in [-0.2, 0) is 4.74 Å². The zero-order valence-corrected chi connectivity index (χ0v) is 14.5. The van der Waals surface area contributed by atoms with Gasteiger partial charge in [-0.15, -0.1) is 0 Å². The van der Waals surface area contributed by atoms with Gasteiger partial charge in [0.1, 0.15) is 17.5 Å². The van der Waals surface area contributed by atoms with Crippen molar-refractivity contribution in [1.82, 2.24) is 0 Å². The molecule has 7 nitrogen and oxygen atoms in total.